The Labute approximate surface area is 159 Å². The molecule has 0 unspecified atom stereocenters. The molecule has 140 valence electrons. The number of fused-ring (bicyclic) bond motifs is 1. The third-order valence-electron chi connectivity index (χ3n) is 3.65. The van der Waals surface area contributed by atoms with E-state index in [1.807, 2.05) is 18.4 Å². The van der Waals surface area contributed by atoms with Crippen LogP contribution in [0.25, 0.3) is 6.08 Å². The Morgan fingerprint density at radius 2 is 1.86 bits per heavy atom. The molecule has 28 heavy (non-hydrogen) atoms. The van der Waals surface area contributed by atoms with E-state index in [1.54, 1.807) is 48.5 Å². The van der Waals surface area contributed by atoms with Gasteiger partial charge in [-0.1, -0.05) is 18.2 Å². The number of rotatable bonds is 4. The summed E-state index contributed by atoms with van der Waals surface area (Å²) in [6, 6.07) is 13.6. The molecule has 0 aliphatic carbocycles. The first-order valence-corrected chi connectivity index (χ1v) is 8.43. The highest BCUT2D eigenvalue weighted by molar-refractivity contribution is 6.39. The summed E-state index contributed by atoms with van der Waals surface area (Å²) in [6.07, 6.45) is 1.56. The SMILES string of the molecule is CCOc1ccc(NC(=O)C(=O)NN=C=C2C=c3ccccc3=NC2=O)cc1. The lowest BCUT2D eigenvalue weighted by atomic mass is 10.1. The Bertz CT molecular complexity index is 1110. The van der Waals surface area contributed by atoms with E-state index in [0.29, 0.717) is 23.4 Å². The van der Waals surface area contributed by atoms with E-state index in [2.05, 4.69) is 21.3 Å². The van der Waals surface area contributed by atoms with Gasteiger partial charge >= 0.3 is 11.8 Å². The molecule has 2 N–H and O–H groups in total. The normalized spacial score (nSPS) is 11.9. The summed E-state index contributed by atoms with van der Waals surface area (Å²) in [7, 11) is 0. The fourth-order valence-corrected chi connectivity index (χ4v) is 2.36. The third kappa shape index (κ3) is 4.57. The number of hydrogen-bond acceptors (Lipinski definition) is 5. The average molecular weight is 376 g/mol. The number of ether oxygens (including phenoxy) is 1. The third-order valence-corrected chi connectivity index (χ3v) is 3.65. The molecule has 1 heterocycles. The minimum atomic E-state index is -0.998. The van der Waals surface area contributed by atoms with Crippen LogP contribution < -0.4 is 26.1 Å². The largest absolute Gasteiger partial charge is 0.494 e. The fraction of sp³-hybridized carbons (Fsp3) is 0.100. The Hall–Kier alpha value is -4.03. The lowest BCUT2D eigenvalue weighted by molar-refractivity contribution is -0.136. The predicted molar refractivity (Wildman–Crippen MR) is 102 cm³/mol. The summed E-state index contributed by atoms with van der Waals surface area (Å²) in [5.74, 6) is 0.614. The van der Waals surface area contributed by atoms with Crippen LogP contribution in [0.3, 0.4) is 0 Å². The minimum Gasteiger partial charge on any atom is -0.494 e. The van der Waals surface area contributed by atoms with Crippen molar-refractivity contribution in [2.24, 2.45) is 10.1 Å². The van der Waals surface area contributed by atoms with Crippen molar-refractivity contribution in [3.8, 4) is 5.75 Å². The highest BCUT2D eigenvalue weighted by Crippen LogP contribution is 2.15. The van der Waals surface area contributed by atoms with Crippen molar-refractivity contribution in [2.75, 3.05) is 11.9 Å². The molecule has 0 radical (unpaired) electrons. The van der Waals surface area contributed by atoms with Crippen LogP contribution in [0.4, 0.5) is 5.69 Å². The van der Waals surface area contributed by atoms with Crippen molar-refractivity contribution < 1.29 is 19.1 Å². The second-order valence-corrected chi connectivity index (χ2v) is 5.61. The predicted octanol–water partition coefficient (Wildman–Crippen LogP) is 0.292. The molecule has 0 atom stereocenters. The van der Waals surface area contributed by atoms with E-state index in [9.17, 15) is 14.4 Å². The Balaban J connectivity index is 1.64. The van der Waals surface area contributed by atoms with Crippen LogP contribution in [0.5, 0.6) is 5.75 Å². The quantitative estimate of drug-likeness (QED) is 0.346. The standard InChI is InChI=1S/C20H16N4O4/c1-2-28-16-9-7-15(8-10-16)22-19(26)20(27)24-21-12-14-11-13-5-3-4-6-17(13)23-18(14)25/h3-11H,2H2,1H3,(H,22,26)(H,24,27). The molecule has 1 aliphatic rings. The van der Waals surface area contributed by atoms with Gasteiger partial charge in [-0.2, -0.15) is 0 Å². The van der Waals surface area contributed by atoms with Crippen molar-refractivity contribution >= 4 is 35.4 Å². The van der Waals surface area contributed by atoms with Crippen LogP contribution in [0.15, 0.2) is 64.2 Å². The van der Waals surface area contributed by atoms with E-state index in [4.69, 9.17) is 4.74 Å². The summed E-state index contributed by atoms with van der Waals surface area (Å²) in [6.45, 7) is 2.39. The molecule has 0 fully saturated rings. The number of nitrogens with zero attached hydrogens (tertiary/aromatic N) is 2. The lowest BCUT2D eigenvalue weighted by Crippen LogP contribution is -2.32. The molecule has 1 aliphatic heterocycles. The van der Waals surface area contributed by atoms with E-state index >= 15 is 0 Å². The Morgan fingerprint density at radius 3 is 2.61 bits per heavy atom. The van der Waals surface area contributed by atoms with E-state index in [0.717, 1.165) is 5.22 Å². The van der Waals surface area contributed by atoms with E-state index in [-0.39, 0.29) is 5.57 Å². The molecule has 3 rings (SSSR count). The maximum Gasteiger partial charge on any atom is 0.330 e. The molecular formula is C20H16N4O4. The van der Waals surface area contributed by atoms with Crippen LogP contribution in [0.1, 0.15) is 6.92 Å². The van der Waals surface area contributed by atoms with Crippen molar-refractivity contribution in [2.45, 2.75) is 6.92 Å². The van der Waals surface area contributed by atoms with Crippen LogP contribution >= 0.6 is 0 Å². The second-order valence-electron chi connectivity index (χ2n) is 5.61. The van der Waals surface area contributed by atoms with Crippen LogP contribution in [-0.4, -0.2) is 30.2 Å². The van der Waals surface area contributed by atoms with Gasteiger partial charge in [0.25, 0.3) is 5.91 Å². The van der Waals surface area contributed by atoms with Gasteiger partial charge in [0, 0.05) is 16.8 Å². The van der Waals surface area contributed by atoms with Crippen LogP contribution in [0.2, 0.25) is 0 Å². The molecule has 8 nitrogen and oxygen atoms in total. The summed E-state index contributed by atoms with van der Waals surface area (Å²) in [4.78, 5) is 39.5. The van der Waals surface area contributed by atoms with Gasteiger partial charge in [-0.25, -0.2) is 10.4 Å². The molecule has 0 bridgehead atoms. The first-order valence-electron chi connectivity index (χ1n) is 8.43. The number of amides is 3. The Kier molecular flexibility index (Phi) is 5.74. The second kappa shape index (κ2) is 8.57. The lowest BCUT2D eigenvalue weighted by Gasteiger charge is -2.06. The number of hydrogen-bond donors (Lipinski definition) is 2. The monoisotopic (exact) mass is 376 g/mol. The fourth-order valence-electron chi connectivity index (χ4n) is 2.36. The number of anilines is 1. The number of para-hydroxylation sites is 1. The first-order chi connectivity index (χ1) is 13.6. The number of nitrogens with one attached hydrogen (secondary N) is 2. The molecule has 0 aromatic heterocycles. The molecule has 3 amide bonds. The van der Waals surface area contributed by atoms with Crippen LogP contribution in [0, 0.1) is 0 Å². The maximum absolute atomic E-state index is 11.9. The number of carbonyl (C=O) groups excluding carboxylic acids is 3. The molecular weight excluding hydrogens is 360 g/mol. The van der Waals surface area contributed by atoms with Gasteiger partial charge in [0.1, 0.15) is 11.3 Å². The van der Waals surface area contributed by atoms with Gasteiger partial charge in [-0.3, -0.25) is 14.4 Å². The molecule has 0 spiro atoms. The molecule has 0 saturated heterocycles. The van der Waals surface area contributed by atoms with Gasteiger partial charge in [0.05, 0.1) is 12.0 Å². The Morgan fingerprint density at radius 1 is 1.11 bits per heavy atom. The highest BCUT2D eigenvalue weighted by Gasteiger charge is 2.13. The number of hydrazone groups is 1. The van der Waals surface area contributed by atoms with Gasteiger partial charge in [0.2, 0.25) is 0 Å². The van der Waals surface area contributed by atoms with E-state index in [1.165, 1.54) is 0 Å². The summed E-state index contributed by atoms with van der Waals surface area (Å²) in [5, 5.41) is 7.25. The molecule has 2 aromatic rings. The van der Waals surface area contributed by atoms with Crippen molar-refractivity contribution in [3.63, 3.8) is 0 Å². The number of benzene rings is 2. The smallest absolute Gasteiger partial charge is 0.330 e. The van der Waals surface area contributed by atoms with Crippen molar-refractivity contribution in [3.05, 3.63) is 64.7 Å². The summed E-state index contributed by atoms with van der Waals surface area (Å²) in [5.41, 5.74) is 2.53. The summed E-state index contributed by atoms with van der Waals surface area (Å²) >= 11 is 0. The highest BCUT2D eigenvalue weighted by atomic mass is 16.5. The molecule has 0 saturated carbocycles. The van der Waals surface area contributed by atoms with Crippen LogP contribution in [-0.2, 0) is 14.4 Å². The zero-order valence-corrected chi connectivity index (χ0v) is 14.9. The number of carbonyl (C=O) groups is 3. The van der Waals surface area contributed by atoms with Gasteiger partial charge < -0.3 is 10.1 Å². The zero-order chi connectivity index (χ0) is 19.9. The maximum atomic E-state index is 11.9. The topological polar surface area (TPSA) is 109 Å². The summed E-state index contributed by atoms with van der Waals surface area (Å²) < 4.78 is 5.30. The van der Waals surface area contributed by atoms with Crippen molar-refractivity contribution in [1.29, 1.82) is 0 Å². The molecule has 8 heteroatoms. The first kappa shape index (κ1) is 18.8. The van der Waals surface area contributed by atoms with E-state index < -0.39 is 17.7 Å². The van der Waals surface area contributed by atoms with Gasteiger partial charge in [-0.05, 0) is 43.3 Å². The van der Waals surface area contributed by atoms with Gasteiger partial charge in [0.15, 0.2) is 0 Å². The molecule has 2 aromatic carbocycles. The average Bonchev–Trinajstić information content (AvgIpc) is 2.70. The van der Waals surface area contributed by atoms with Crippen molar-refractivity contribution in [1.82, 2.24) is 5.43 Å². The minimum absolute atomic E-state index is 0.0749. The van der Waals surface area contributed by atoms with Gasteiger partial charge in [-0.15, -0.1) is 5.10 Å². The zero-order valence-electron chi connectivity index (χ0n) is 14.9.